The molecule has 0 aliphatic heterocycles. The molecular weight excluding hydrogens is 396 g/mol. The number of amides is 1. The predicted octanol–water partition coefficient (Wildman–Crippen LogP) is 2.71. The minimum atomic E-state index is -0.919. The quantitative estimate of drug-likeness (QED) is 0.331. The first-order valence-corrected chi connectivity index (χ1v) is 10.3. The molecule has 0 heterocycles. The number of hydrogen-bond donors (Lipinski definition) is 1. The zero-order chi connectivity index (χ0) is 22.5. The lowest BCUT2D eigenvalue weighted by Crippen LogP contribution is -2.36. The number of ether oxygens (including phenoxy) is 2. The number of esters is 2. The van der Waals surface area contributed by atoms with E-state index >= 15 is 0 Å². The number of nitrogen functional groups attached to an aromatic ring is 1. The molecule has 0 saturated carbocycles. The molecule has 0 fully saturated rings. The van der Waals surface area contributed by atoms with Gasteiger partial charge in [0, 0.05) is 19.8 Å². The summed E-state index contributed by atoms with van der Waals surface area (Å²) in [6.45, 7) is 0. The van der Waals surface area contributed by atoms with Crippen molar-refractivity contribution in [3.05, 3.63) is 59.2 Å². The number of hydrogen-bond acceptors (Lipinski definition) is 6. The molecular formula is C24H28N2O5. The summed E-state index contributed by atoms with van der Waals surface area (Å²) in [7, 11) is 4.45. The molecule has 2 aromatic rings. The molecule has 2 unspecified atom stereocenters. The Balaban J connectivity index is 1.70. The van der Waals surface area contributed by atoms with Gasteiger partial charge in [0.05, 0.1) is 13.0 Å². The lowest BCUT2D eigenvalue weighted by molar-refractivity contribution is -0.152. The van der Waals surface area contributed by atoms with Crippen molar-refractivity contribution in [1.82, 2.24) is 4.90 Å². The summed E-state index contributed by atoms with van der Waals surface area (Å²) in [4.78, 5) is 38.5. The molecule has 1 amide bonds. The number of carbonyl (C=O) groups is 3. The van der Waals surface area contributed by atoms with Crippen molar-refractivity contribution in [1.29, 1.82) is 0 Å². The van der Waals surface area contributed by atoms with E-state index in [0.717, 1.165) is 36.0 Å². The average Bonchev–Trinajstić information content (AvgIpc) is 2.77. The van der Waals surface area contributed by atoms with Crippen molar-refractivity contribution < 1.29 is 23.9 Å². The summed E-state index contributed by atoms with van der Waals surface area (Å²) in [5.74, 6) is -2.05. The van der Waals surface area contributed by atoms with Gasteiger partial charge in [-0.3, -0.25) is 14.4 Å². The Kier molecular flexibility index (Phi) is 6.95. The predicted molar refractivity (Wildman–Crippen MR) is 117 cm³/mol. The number of fused-ring (bicyclic) bond motifs is 1. The molecule has 2 atom stereocenters. The summed E-state index contributed by atoms with van der Waals surface area (Å²) in [5, 5.41) is 0. The standard InChI is InChI=1S/C24H28N2O5/c1-26(2)22(27)20(23(28)30-3)14-15-10-12-16(13-11-15)31-24(29)19-8-4-7-18-17(19)6-5-9-21(18)25/h5-6,9-13,19-20H,4,7-8,14,25H2,1-3H3. The third-order valence-electron chi connectivity index (χ3n) is 5.63. The minimum absolute atomic E-state index is 0.202. The van der Waals surface area contributed by atoms with E-state index in [1.807, 2.05) is 18.2 Å². The lowest BCUT2D eigenvalue weighted by atomic mass is 9.82. The summed E-state index contributed by atoms with van der Waals surface area (Å²) in [6.07, 6.45) is 2.68. The van der Waals surface area contributed by atoms with Gasteiger partial charge in [-0.15, -0.1) is 0 Å². The van der Waals surface area contributed by atoms with Crippen LogP contribution in [0.25, 0.3) is 0 Å². The number of benzene rings is 2. The molecule has 2 N–H and O–H groups in total. The number of rotatable bonds is 6. The van der Waals surface area contributed by atoms with Crippen LogP contribution in [0.2, 0.25) is 0 Å². The smallest absolute Gasteiger partial charge is 0.318 e. The second-order valence-electron chi connectivity index (χ2n) is 7.94. The van der Waals surface area contributed by atoms with Gasteiger partial charge >= 0.3 is 11.9 Å². The number of nitrogens with two attached hydrogens (primary N) is 1. The first kappa shape index (κ1) is 22.3. The first-order chi connectivity index (χ1) is 14.8. The summed E-state index contributed by atoms with van der Waals surface area (Å²) in [6, 6.07) is 12.5. The van der Waals surface area contributed by atoms with E-state index in [-0.39, 0.29) is 24.2 Å². The maximum atomic E-state index is 12.8. The first-order valence-electron chi connectivity index (χ1n) is 10.3. The van der Waals surface area contributed by atoms with Crippen molar-refractivity contribution in [2.24, 2.45) is 5.92 Å². The van der Waals surface area contributed by atoms with Crippen LogP contribution in [0.1, 0.15) is 35.4 Å². The van der Waals surface area contributed by atoms with E-state index < -0.39 is 11.9 Å². The topological polar surface area (TPSA) is 98.9 Å². The van der Waals surface area contributed by atoms with Crippen molar-refractivity contribution in [3.8, 4) is 5.75 Å². The lowest BCUT2D eigenvalue weighted by Gasteiger charge is -2.25. The fourth-order valence-corrected chi connectivity index (χ4v) is 3.96. The van der Waals surface area contributed by atoms with E-state index in [0.29, 0.717) is 11.4 Å². The van der Waals surface area contributed by atoms with Gasteiger partial charge in [0.15, 0.2) is 0 Å². The Hall–Kier alpha value is -3.35. The molecule has 0 saturated heterocycles. The van der Waals surface area contributed by atoms with Crippen LogP contribution in [0.4, 0.5) is 5.69 Å². The maximum Gasteiger partial charge on any atom is 0.318 e. The van der Waals surface area contributed by atoms with Gasteiger partial charge < -0.3 is 20.1 Å². The third-order valence-corrected chi connectivity index (χ3v) is 5.63. The van der Waals surface area contributed by atoms with Crippen LogP contribution in [0.15, 0.2) is 42.5 Å². The van der Waals surface area contributed by atoms with Gasteiger partial charge in [-0.25, -0.2) is 0 Å². The van der Waals surface area contributed by atoms with Crippen LogP contribution in [-0.2, 0) is 32.0 Å². The van der Waals surface area contributed by atoms with Crippen LogP contribution < -0.4 is 10.5 Å². The summed E-state index contributed by atoms with van der Waals surface area (Å²) >= 11 is 0. The zero-order valence-electron chi connectivity index (χ0n) is 18.1. The molecule has 1 aliphatic rings. The molecule has 0 bridgehead atoms. The second-order valence-corrected chi connectivity index (χ2v) is 7.94. The van der Waals surface area contributed by atoms with Crippen LogP contribution in [0.5, 0.6) is 5.75 Å². The Morgan fingerprint density at radius 3 is 2.48 bits per heavy atom. The van der Waals surface area contributed by atoms with Crippen molar-refractivity contribution in [3.63, 3.8) is 0 Å². The number of anilines is 1. The fraction of sp³-hybridized carbons (Fsp3) is 0.375. The van der Waals surface area contributed by atoms with Crippen LogP contribution in [0, 0.1) is 5.92 Å². The Labute approximate surface area is 182 Å². The van der Waals surface area contributed by atoms with Crippen molar-refractivity contribution >= 4 is 23.5 Å². The highest BCUT2D eigenvalue weighted by Crippen LogP contribution is 2.35. The van der Waals surface area contributed by atoms with Gasteiger partial charge in [0.25, 0.3) is 0 Å². The SMILES string of the molecule is COC(=O)C(Cc1ccc(OC(=O)C2CCCc3c(N)cccc32)cc1)C(=O)N(C)C. The fourth-order valence-electron chi connectivity index (χ4n) is 3.96. The molecule has 0 aromatic heterocycles. The zero-order valence-corrected chi connectivity index (χ0v) is 18.1. The van der Waals surface area contributed by atoms with Crippen molar-refractivity contribution in [2.75, 3.05) is 26.9 Å². The summed E-state index contributed by atoms with van der Waals surface area (Å²) in [5.41, 5.74) is 9.52. The van der Waals surface area contributed by atoms with E-state index in [4.69, 9.17) is 15.2 Å². The Morgan fingerprint density at radius 2 is 1.84 bits per heavy atom. The highest BCUT2D eigenvalue weighted by molar-refractivity contribution is 5.97. The molecule has 7 nitrogen and oxygen atoms in total. The van der Waals surface area contributed by atoms with Gasteiger partial charge in [-0.2, -0.15) is 0 Å². The summed E-state index contributed by atoms with van der Waals surface area (Å²) < 4.78 is 10.4. The molecule has 2 aromatic carbocycles. The Bertz CT molecular complexity index is 968. The Morgan fingerprint density at radius 1 is 1.13 bits per heavy atom. The van der Waals surface area contributed by atoms with Crippen LogP contribution >= 0.6 is 0 Å². The molecule has 0 spiro atoms. The molecule has 3 rings (SSSR count). The number of carbonyl (C=O) groups excluding carboxylic acids is 3. The molecule has 31 heavy (non-hydrogen) atoms. The average molecular weight is 424 g/mol. The van der Waals surface area contributed by atoms with Crippen LogP contribution in [-0.4, -0.2) is 44.0 Å². The number of methoxy groups -OCH3 is 1. The minimum Gasteiger partial charge on any atom is -0.468 e. The largest absolute Gasteiger partial charge is 0.468 e. The van der Waals surface area contributed by atoms with E-state index in [2.05, 4.69) is 0 Å². The van der Waals surface area contributed by atoms with Gasteiger partial charge in [-0.05, 0) is 60.6 Å². The second kappa shape index (κ2) is 9.64. The van der Waals surface area contributed by atoms with E-state index in [1.54, 1.807) is 38.4 Å². The maximum absolute atomic E-state index is 12.8. The van der Waals surface area contributed by atoms with E-state index in [9.17, 15) is 14.4 Å². The monoisotopic (exact) mass is 424 g/mol. The van der Waals surface area contributed by atoms with Gasteiger partial charge in [-0.1, -0.05) is 24.3 Å². The molecule has 1 aliphatic carbocycles. The molecule has 0 radical (unpaired) electrons. The molecule has 7 heteroatoms. The van der Waals surface area contributed by atoms with E-state index in [1.165, 1.54) is 12.0 Å². The normalized spacial score (nSPS) is 16.0. The highest BCUT2D eigenvalue weighted by atomic mass is 16.5. The van der Waals surface area contributed by atoms with Crippen molar-refractivity contribution in [2.45, 2.75) is 31.6 Å². The molecule has 164 valence electrons. The van der Waals surface area contributed by atoms with Gasteiger partial charge in [0.2, 0.25) is 5.91 Å². The van der Waals surface area contributed by atoms with Crippen LogP contribution in [0.3, 0.4) is 0 Å². The number of nitrogens with zero attached hydrogens (tertiary/aromatic N) is 1. The third kappa shape index (κ3) is 5.05. The van der Waals surface area contributed by atoms with Gasteiger partial charge in [0.1, 0.15) is 11.7 Å². The highest BCUT2D eigenvalue weighted by Gasteiger charge is 2.30.